The van der Waals surface area contributed by atoms with Gasteiger partial charge < -0.3 is 15.0 Å². The lowest BCUT2D eigenvalue weighted by Crippen LogP contribution is -2.53. The molecule has 0 saturated heterocycles. The molecule has 2 aromatic rings. The van der Waals surface area contributed by atoms with Crippen LogP contribution in [-0.2, 0) is 16.1 Å². The highest BCUT2D eigenvalue weighted by Crippen LogP contribution is 2.24. The first kappa shape index (κ1) is 27.0. The molecule has 5 nitrogen and oxygen atoms in total. The maximum atomic E-state index is 13.3. The number of halogens is 2. The predicted molar refractivity (Wildman–Crippen MR) is 135 cm³/mol. The molecule has 0 fully saturated rings. The summed E-state index contributed by atoms with van der Waals surface area (Å²) in [5, 5.41) is 3.98. The molecule has 0 aliphatic rings. The van der Waals surface area contributed by atoms with Crippen molar-refractivity contribution in [1.29, 1.82) is 0 Å². The lowest BCUT2D eigenvalue weighted by atomic mass is 10.0. The van der Waals surface area contributed by atoms with E-state index in [2.05, 4.69) is 5.32 Å². The Labute approximate surface area is 207 Å². The first-order valence-electron chi connectivity index (χ1n) is 11.2. The van der Waals surface area contributed by atoms with Gasteiger partial charge in [0, 0.05) is 28.5 Å². The highest BCUT2D eigenvalue weighted by atomic mass is 35.5. The minimum Gasteiger partial charge on any atom is -0.494 e. The van der Waals surface area contributed by atoms with Crippen molar-refractivity contribution in [2.24, 2.45) is 0 Å². The van der Waals surface area contributed by atoms with E-state index in [0.717, 1.165) is 16.9 Å². The van der Waals surface area contributed by atoms with Crippen molar-refractivity contribution >= 4 is 35.0 Å². The number of ether oxygens (including phenoxy) is 1. The van der Waals surface area contributed by atoms with Gasteiger partial charge in [-0.3, -0.25) is 9.59 Å². The summed E-state index contributed by atoms with van der Waals surface area (Å²) >= 11 is 12.4. The van der Waals surface area contributed by atoms with Gasteiger partial charge >= 0.3 is 0 Å². The summed E-state index contributed by atoms with van der Waals surface area (Å²) in [4.78, 5) is 27.9. The van der Waals surface area contributed by atoms with Crippen molar-refractivity contribution in [3.8, 4) is 5.75 Å². The predicted octanol–water partition coefficient (Wildman–Crippen LogP) is 6.18. The van der Waals surface area contributed by atoms with E-state index in [9.17, 15) is 9.59 Å². The van der Waals surface area contributed by atoms with Crippen LogP contribution < -0.4 is 10.1 Å². The van der Waals surface area contributed by atoms with Crippen molar-refractivity contribution in [3.05, 3.63) is 63.6 Å². The van der Waals surface area contributed by atoms with E-state index >= 15 is 0 Å². The van der Waals surface area contributed by atoms with Crippen LogP contribution in [0.4, 0.5) is 0 Å². The summed E-state index contributed by atoms with van der Waals surface area (Å²) in [6, 6.07) is 12.4. The third-order valence-electron chi connectivity index (χ3n) is 5.06. The second-order valence-corrected chi connectivity index (χ2v) is 10.0. The third kappa shape index (κ3) is 8.90. The average molecular weight is 493 g/mol. The molecule has 0 heterocycles. The van der Waals surface area contributed by atoms with Crippen LogP contribution in [0.2, 0.25) is 10.0 Å². The number of carbonyl (C=O) groups excluding carboxylic acids is 2. The lowest BCUT2D eigenvalue weighted by molar-refractivity contribution is -0.142. The number of carbonyl (C=O) groups is 2. The Hall–Kier alpha value is -2.24. The molecule has 180 valence electrons. The number of nitrogens with zero attached hydrogens (tertiary/aromatic N) is 1. The van der Waals surface area contributed by atoms with Crippen LogP contribution in [0.15, 0.2) is 42.5 Å². The van der Waals surface area contributed by atoms with E-state index in [0.29, 0.717) is 29.5 Å². The van der Waals surface area contributed by atoms with Gasteiger partial charge in [0.25, 0.3) is 0 Å². The molecule has 7 heteroatoms. The molecule has 1 atom stereocenters. The minimum atomic E-state index is -0.610. The van der Waals surface area contributed by atoms with Crippen LogP contribution in [0.25, 0.3) is 0 Å². The van der Waals surface area contributed by atoms with Crippen LogP contribution in [0.5, 0.6) is 5.75 Å². The molecule has 1 N–H and O–H groups in total. The number of nitrogens with one attached hydrogen (secondary N) is 1. The van der Waals surface area contributed by atoms with Gasteiger partial charge in [-0.1, -0.05) is 53.9 Å². The normalized spacial score (nSPS) is 12.2. The van der Waals surface area contributed by atoms with Gasteiger partial charge in [0.2, 0.25) is 11.8 Å². The molecule has 2 rings (SSSR count). The smallest absolute Gasteiger partial charge is 0.243 e. The molecule has 0 bridgehead atoms. The minimum absolute atomic E-state index is 0.121. The molecule has 2 amide bonds. The highest BCUT2D eigenvalue weighted by Gasteiger charge is 2.30. The second kappa shape index (κ2) is 12.3. The van der Waals surface area contributed by atoms with Crippen LogP contribution in [0, 0.1) is 6.92 Å². The fourth-order valence-corrected chi connectivity index (χ4v) is 3.87. The molecule has 0 unspecified atom stereocenters. The molecule has 0 aliphatic carbocycles. The number of amides is 2. The lowest BCUT2D eigenvalue weighted by Gasteiger charge is -2.33. The molecule has 33 heavy (non-hydrogen) atoms. The number of aryl methyl sites for hydroxylation is 1. The summed E-state index contributed by atoms with van der Waals surface area (Å²) < 4.78 is 5.76. The fourth-order valence-electron chi connectivity index (χ4n) is 3.40. The van der Waals surface area contributed by atoms with Gasteiger partial charge in [-0.15, -0.1) is 0 Å². The third-order valence-corrected chi connectivity index (χ3v) is 5.65. The Kier molecular flexibility index (Phi) is 10.1. The first-order valence-corrected chi connectivity index (χ1v) is 12.0. The van der Waals surface area contributed by atoms with Crippen LogP contribution in [-0.4, -0.2) is 34.9 Å². The average Bonchev–Trinajstić information content (AvgIpc) is 2.72. The zero-order chi connectivity index (χ0) is 24.6. The Morgan fingerprint density at radius 1 is 1.09 bits per heavy atom. The highest BCUT2D eigenvalue weighted by molar-refractivity contribution is 6.35. The molecule has 0 aliphatic heterocycles. The summed E-state index contributed by atoms with van der Waals surface area (Å²) in [6.45, 7) is 10.3. The summed E-state index contributed by atoms with van der Waals surface area (Å²) in [6.07, 6.45) is 1.28. The van der Waals surface area contributed by atoms with Gasteiger partial charge in [0.15, 0.2) is 0 Å². The van der Waals surface area contributed by atoms with E-state index in [-0.39, 0.29) is 24.8 Å². The first-order chi connectivity index (χ1) is 15.5. The van der Waals surface area contributed by atoms with E-state index < -0.39 is 11.6 Å². The Bertz CT molecular complexity index is 940. The van der Waals surface area contributed by atoms with Gasteiger partial charge in [-0.25, -0.2) is 0 Å². The number of hydrogen-bond acceptors (Lipinski definition) is 3. The van der Waals surface area contributed by atoms with Crippen molar-refractivity contribution < 1.29 is 14.3 Å². The Morgan fingerprint density at radius 3 is 2.33 bits per heavy atom. The van der Waals surface area contributed by atoms with E-state index in [4.69, 9.17) is 27.9 Å². The summed E-state index contributed by atoms with van der Waals surface area (Å²) in [7, 11) is 0. The second-order valence-electron chi connectivity index (χ2n) is 9.19. The molecule has 0 radical (unpaired) electrons. The molecular formula is C26H34Cl2N2O3. The van der Waals surface area contributed by atoms with Crippen molar-refractivity contribution in [2.45, 2.75) is 72.0 Å². The van der Waals surface area contributed by atoms with Crippen molar-refractivity contribution in [1.82, 2.24) is 10.2 Å². The number of hydrogen-bond donors (Lipinski definition) is 1. The largest absolute Gasteiger partial charge is 0.494 e. The van der Waals surface area contributed by atoms with E-state index in [1.165, 1.54) is 0 Å². The topological polar surface area (TPSA) is 58.6 Å². The van der Waals surface area contributed by atoms with Gasteiger partial charge in [-0.2, -0.15) is 0 Å². The Morgan fingerprint density at radius 2 is 1.76 bits per heavy atom. The van der Waals surface area contributed by atoms with Gasteiger partial charge in [0.1, 0.15) is 11.8 Å². The Balaban J connectivity index is 2.12. The molecule has 0 saturated carbocycles. The molecule has 0 spiro atoms. The number of rotatable bonds is 10. The maximum absolute atomic E-state index is 13.3. The summed E-state index contributed by atoms with van der Waals surface area (Å²) in [5.74, 6) is 0.470. The standard InChI is InChI=1S/C26H34Cl2N2O3/c1-6-23(25(32)29-26(3,4)5)30(17-19-11-12-20(27)16-22(19)28)24(31)8-7-15-33-21-13-9-18(2)10-14-21/h9-14,16,23H,6-8,15,17H2,1-5H3,(H,29,32)/t23-/m0/s1. The summed E-state index contributed by atoms with van der Waals surface area (Å²) in [5.41, 5.74) is 1.50. The zero-order valence-electron chi connectivity index (χ0n) is 20.1. The molecular weight excluding hydrogens is 459 g/mol. The maximum Gasteiger partial charge on any atom is 0.243 e. The van der Waals surface area contributed by atoms with E-state index in [1.807, 2.05) is 58.9 Å². The van der Waals surface area contributed by atoms with Crippen LogP contribution in [0.3, 0.4) is 0 Å². The van der Waals surface area contributed by atoms with E-state index in [1.54, 1.807) is 23.1 Å². The van der Waals surface area contributed by atoms with Gasteiger partial charge in [0.05, 0.1) is 6.61 Å². The zero-order valence-corrected chi connectivity index (χ0v) is 21.6. The SMILES string of the molecule is CC[C@@H](C(=O)NC(C)(C)C)N(Cc1ccc(Cl)cc1Cl)C(=O)CCCOc1ccc(C)cc1. The van der Waals surface area contributed by atoms with Gasteiger partial charge in [-0.05, 0) is 70.4 Å². The fraction of sp³-hybridized carbons (Fsp3) is 0.462. The van der Waals surface area contributed by atoms with Crippen molar-refractivity contribution in [3.63, 3.8) is 0 Å². The molecule has 2 aromatic carbocycles. The quantitative estimate of drug-likeness (QED) is 0.402. The van der Waals surface area contributed by atoms with Crippen molar-refractivity contribution in [2.75, 3.05) is 6.61 Å². The van der Waals surface area contributed by atoms with Crippen LogP contribution >= 0.6 is 23.2 Å². The molecule has 0 aromatic heterocycles. The monoisotopic (exact) mass is 492 g/mol. The van der Waals surface area contributed by atoms with Crippen LogP contribution in [0.1, 0.15) is 58.1 Å². The number of benzene rings is 2.